The molecular formula is C16H15N3OS2. The summed E-state index contributed by atoms with van der Waals surface area (Å²) in [5.41, 5.74) is 9.03. The number of hydrogen-bond donors (Lipinski definition) is 1. The predicted octanol–water partition coefficient (Wildman–Crippen LogP) is 3.04. The minimum atomic E-state index is -0.308. The number of thiophene rings is 1. The summed E-state index contributed by atoms with van der Waals surface area (Å²) in [6, 6.07) is 7.86. The van der Waals surface area contributed by atoms with Crippen LogP contribution in [0.3, 0.4) is 0 Å². The van der Waals surface area contributed by atoms with Crippen LogP contribution in [0, 0.1) is 0 Å². The van der Waals surface area contributed by atoms with Crippen molar-refractivity contribution >= 4 is 38.8 Å². The zero-order chi connectivity index (χ0) is 15.3. The van der Waals surface area contributed by atoms with Crippen molar-refractivity contribution in [3.8, 4) is 10.6 Å². The summed E-state index contributed by atoms with van der Waals surface area (Å²) in [5.74, 6) is -0.277. The van der Waals surface area contributed by atoms with Crippen molar-refractivity contribution in [2.75, 3.05) is 13.6 Å². The first-order valence-corrected chi connectivity index (χ1v) is 8.80. The van der Waals surface area contributed by atoms with Gasteiger partial charge in [-0.1, -0.05) is 12.1 Å². The van der Waals surface area contributed by atoms with Gasteiger partial charge in [-0.2, -0.15) is 0 Å². The van der Waals surface area contributed by atoms with Gasteiger partial charge in [0, 0.05) is 22.4 Å². The number of nitrogens with zero attached hydrogens (tertiary/aromatic N) is 2. The molecule has 0 saturated heterocycles. The predicted molar refractivity (Wildman–Crippen MR) is 91.2 cm³/mol. The molecule has 0 aliphatic carbocycles. The van der Waals surface area contributed by atoms with Gasteiger partial charge in [-0.05, 0) is 31.2 Å². The molecule has 6 heteroatoms. The fourth-order valence-corrected chi connectivity index (χ4v) is 5.38. The normalized spacial score (nSPS) is 18.5. The average Bonchev–Trinajstić information content (AvgIpc) is 3.09. The third-order valence-electron chi connectivity index (χ3n) is 4.12. The van der Waals surface area contributed by atoms with Crippen LogP contribution in [0.1, 0.15) is 16.5 Å². The van der Waals surface area contributed by atoms with E-state index < -0.39 is 0 Å². The first kappa shape index (κ1) is 13.9. The van der Waals surface area contributed by atoms with E-state index in [-0.39, 0.29) is 11.9 Å². The second-order valence-electron chi connectivity index (χ2n) is 5.51. The average molecular weight is 329 g/mol. The first-order valence-electron chi connectivity index (χ1n) is 7.11. The summed E-state index contributed by atoms with van der Waals surface area (Å²) >= 11 is 3.33. The first-order chi connectivity index (χ1) is 10.6. The number of primary amides is 1. The lowest BCUT2D eigenvalue weighted by Crippen LogP contribution is -2.39. The lowest BCUT2D eigenvalue weighted by molar-refractivity contribution is -0.123. The molecule has 3 heterocycles. The Hall–Kier alpha value is -1.76. The Kier molecular flexibility index (Phi) is 3.25. The minimum absolute atomic E-state index is 0.277. The van der Waals surface area contributed by atoms with Crippen molar-refractivity contribution < 1.29 is 4.79 Å². The van der Waals surface area contributed by atoms with Gasteiger partial charge in [0.25, 0.3) is 0 Å². The van der Waals surface area contributed by atoms with E-state index in [0.717, 1.165) is 28.4 Å². The van der Waals surface area contributed by atoms with Crippen molar-refractivity contribution in [3.63, 3.8) is 0 Å². The number of likely N-dealkylation sites (N-methyl/N-ethyl adjacent to an activating group) is 1. The molecule has 1 aromatic carbocycles. The number of carbonyl (C=O) groups excluding carboxylic acids is 1. The van der Waals surface area contributed by atoms with Gasteiger partial charge in [-0.3, -0.25) is 9.69 Å². The van der Waals surface area contributed by atoms with E-state index >= 15 is 0 Å². The highest BCUT2D eigenvalue weighted by Crippen LogP contribution is 2.42. The second kappa shape index (κ2) is 5.15. The largest absolute Gasteiger partial charge is 0.368 e. The van der Waals surface area contributed by atoms with Crippen LogP contribution in [-0.2, 0) is 11.2 Å². The number of amides is 1. The van der Waals surface area contributed by atoms with Crippen LogP contribution in [0.4, 0.5) is 0 Å². The highest BCUT2D eigenvalue weighted by molar-refractivity contribution is 7.22. The molecule has 22 heavy (non-hydrogen) atoms. The molecule has 2 N–H and O–H groups in total. The van der Waals surface area contributed by atoms with Crippen molar-refractivity contribution in [3.05, 3.63) is 40.1 Å². The van der Waals surface area contributed by atoms with Crippen LogP contribution >= 0.6 is 22.7 Å². The monoisotopic (exact) mass is 329 g/mol. The Bertz CT molecular complexity index is 834. The Labute approximate surface area is 136 Å². The Morgan fingerprint density at radius 3 is 3.00 bits per heavy atom. The number of fused-ring (bicyclic) bond motifs is 2. The van der Waals surface area contributed by atoms with Crippen LogP contribution in [-0.4, -0.2) is 29.4 Å². The highest BCUT2D eigenvalue weighted by atomic mass is 32.1. The second-order valence-corrected chi connectivity index (χ2v) is 7.46. The van der Waals surface area contributed by atoms with Gasteiger partial charge in [-0.25, -0.2) is 4.98 Å². The quantitative estimate of drug-likeness (QED) is 0.786. The van der Waals surface area contributed by atoms with Crippen molar-refractivity contribution in [1.82, 2.24) is 9.88 Å². The van der Waals surface area contributed by atoms with Gasteiger partial charge in [0.15, 0.2) is 0 Å². The summed E-state index contributed by atoms with van der Waals surface area (Å²) in [5, 5.41) is 3.16. The zero-order valence-electron chi connectivity index (χ0n) is 12.1. The van der Waals surface area contributed by atoms with E-state index in [1.807, 2.05) is 30.1 Å². The minimum Gasteiger partial charge on any atom is -0.368 e. The van der Waals surface area contributed by atoms with Crippen LogP contribution in [0.15, 0.2) is 29.6 Å². The molecule has 0 fully saturated rings. The third kappa shape index (κ3) is 2.06. The summed E-state index contributed by atoms with van der Waals surface area (Å²) in [6.07, 6.45) is 0.935. The molecule has 0 radical (unpaired) electrons. The molecule has 0 saturated carbocycles. The zero-order valence-corrected chi connectivity index (χ0v) is 13.7. The third-order valence-corrected chi connectivity index (χ3v) is 6.27. The summed E-state index contributed by atoms with van der Waals surface area (Å²) in [4.78, 5) is 19.6. The summed E-state index contributed by atoms with van der Waals surface area (Å²) in [7, 11) is 1.95. The smallest absolute Gasteiger partial charge is 0.240 e. The molecule has 1 aliphatic rings. The molecule has 1 amide bonds. The topological polar surface area (TPSA) is 59.2 Å². The van der Waals surface area contributed by atoms with Gasteiger partial charge in [0.1, 0.15) is 11.0 Å². The summed E-state index contributed by atoms with van der Waals surface area (Å²) < 4.78 is 1.19. The van der Waals surface area contributed by atoms with E-state index in [2.05, 4.69) is 11.4 Å². The molecule has 0 spiro atoms. The van der Waals surface area contributed by atoms with Gasteiger partial charge in [0.05, 0.1) is 10.2 Å². The van der Waals surface area contributed by atoms with E-state index in [1.54, 1.807) is 22.7 Å². The van der Waals surface area contributed by atoms with Gasteiger partial charge >= 0.3 is 0 Å². The maximum Gasteiger partial charge on any atom is 0.240 e. The lowest BCUT2D eigenvalue weighted by atomic mass is 9.98. The molecule has 112 valence electrons. The number of hydrogen-bond acceptors (Lipinski definition) is 5. The molecule has 1 unspecified atom stereocenters. The number of aromatic nitrogens is 1. The molecule has 1 atom stereocenters. The van der Waals surface area contributed by atoms with Crippen molar-refractivity contribution in [1.29, 1.82) is 0 Å². The van der Waals surface area contributed by atoms with Crippen molar-refractivity contribution in [2.45, 2.75) is 12.5 Å². The molecule has 4 nitrogen and oxygen atoms in total. The van der Waals surface area contributed by atoms with Gasteiger partial charge < -0.3 is 5.73 Å². The number of rotatable bonds is 2. The molecule has 4 rings (SSSR count). The molecule has 2 aromatic heterocycles. The van der Waals surface area contributed by atoms with E-state index in [9.17, 15) is 4.79 Å². The molecule has 3 aromatic rings. The van der Waals surface area contributed by atoms with E-state index in [4.69, 9.17) is 10.7 Å². The number of carbonyl (C=O) groups is 1. The molecular weight excluding hydrogens is 314 g/mol. The van der Waals surface area contributed by atoms with Gasteiger partial charge in [0.2, 0.25) is 5.91 Å². The number of thiazole rings is 1. The standard InChI is InChI=1S/C16H15N3OS2/c1-19-7-6-9-10(8-21-14(9)13(19)15(17)20)16-18-11-4-2-3-5-12(11)22-16/h2-5,8,13H,6-7H2,1H3,(H2,17,20). The van der Waals surface area contributed by atoms with Gasteiger partial charge in [-0.15, -0.1) is 22.7 Å². The Morgan fingerprint density at radius 1 is 1.41 bits per heavy atom. The number of nitrogens with two attached hydrogens (primary N) is 1. The fraction of sp³-hybridized carbons (Fsp3) is 0.250. The van der Waals surface area contributed by atoms with Crippen LogP contribution in [0.2, 0.25) is 0 Å². The maximum atomic E-state index is 11.8. The Morgan fingerprint density at radius 2 is 2.23 bits per heavy atom. The maximum absolute atomic E-state index is 11.8. The van der Waals surface area contributed by atoms with Crippen LogP contribution in [0.25, 0.3) is 20.8 Å². The SMILES string of the molecule is CN1CCc2c(-c3nc4ccccc4s3)csc2C1C(N)=O. The summed E-state index contributed by atoms with van der Waals surface area (Å²) in [6.45, 7) is 0.842. The number of benzene rings is 1. The van der Waals surface area contributed by atoms with E-state index in [0.29, 0.717) is 0 Å². The van der Waals surface area contributed by atoms with Crippen LogP contribution in [0.5, 0.6) is 0 Å². The van der Waals surface area contributed by atoms with Crippen LogP contribution < -0.4 is 5.73 Å². The highest BCUT2D eigenvalue weighted by Gasteiger charge is 2.32. The lowest BCUT2D eigenvalue weighted by Gasteiger charge is -2.30. The molecule has 0 bridgehead atoms. The number of para-hydroxylation sites is 1. The van der Waals surface area contributed by atoms with Crippen molar-refractivity contribution in [2.24, 2.45) is 5.73 Å². The molecule has 1 aliphatic heterocycles. The fourth-order valence-electron chi connectivity index (χ4n) is 3.02. The Balaban J connectivity index is 1.84. The van der Waals surface area contributed by atoms with E-state index in [1.165, 1.54) is 15.8 Å².